The number of anilines is 1. The lowest BCUT2D eigenvalue weighted by atomic mass is 10.3. The van der Waals surface area contributed by atoms with Gasteiger partial charge in [0.1, 0.15) is 0 Å². The van der Waals surface area contributed by atoms with Crippen molar-refractivity contribution in [1.82, 2.24) is 9.88 Å². The number of aliphatic hydroxyl groups excluding tert-OH is 1. The van der Waals surface area contributed by atoms with Gasteiger partial charge in [-0.1, -0.05) is 11.6 Å². The third-order valence-corrected chi connectivity index (χ3v) is 3.09. The van der Waals surface area contributed by atoms with Crippen LogP contribution >= 0.6 is 11.6 Å². The number of nitrogens with one attached hydrogen (secondary N) is 1. The van der Waals surface area contributed by atoms with Crippen LogP contribution in [0.5, 0.6) is 0 Å². The highest BCUT2D eigenvalue weighted by Crippen LogP contribution is 2.15. The molecule has 19 heavy (non-hydrogen) atoms. The first kappa shape index (κ1) is 14.5. The molecule has 0 unspecified atom stereocenters. The van der Waals surface area contributed by atoms with Gasteiger partial charge < -0.3 is 15.2 Å². The first-order valence-electron chi connectivity index (χ1n) is 6.18. The van der Waals surface area contributed by atoms with E-state index in [2.05, 4.69) is 15.2 Å². The van der Waals surface area contributed by atoms with Crippen molar-refractivity contribution in [2.45, 2.75) is 6.10 Å². The molecule has 2 rings (SSSR count). The third-order valence-electron chi connectivity index (χ3n) is 2.89. The van der Waals surface area contributed by atoms with Crippen molar-refractivity contribution in [3.63, 3.8) is 0 Å². The number of aromatic nitrogens is 1. The molecule has 1 aliphatic heterocycles. The number of ether oxygens (including phenoxy) is 1. The van der Waals surface area contributed by atoms with Gasteiger partial charge in [0.25, 0.3) is 0 Å². The van der Waals surface area contributed by atoms with Gasteiger partial charge in [-0.3, -0.25) is 4.90 Å². The standard InChI is InChI=1S/C12H17ClFN3O2/c13-9-5-11(14)12(15-6-9)16-7-10(18)8-17-1-3-19-4-2-17/h5-6,10,18H,1-4,7-8H2,(H,15,16)/t10-/m0/s1. The van der Waals surface area contributed by atoms with Crippen molar-refractivity contribution in [1.29, 1.82) is 0 Å². The van der Waals surface area contributed by atoms with Crippen molar-refractivity contribution in [2.24, 2.45) is 0 Å². The van der Waals surface area contributed by atoms with E-state index in [9.17, 15) is 9.50 Å². The maximum absolute atomic E-state index is 13.4. The van der Waals surface area contributed by atoms with Gasteiger partial charge in [0.15, 0.2) is 11.6 Å². The predicted molar refractivity (Wildman–Crippen MR) is 71.0 cm³/mol. The highest BCUT2D eigenvalue weighted by atomic mass is 35.5. The van der Waals surface area contributed by atoms with Crippen LogP contribution in [0.4, 0.5) is 10.2 Å². The molecule has 0 saturated carbocycles. The summed E-state index contributed by atoms with van der Waals surface area (Å²) >= 11 is 5.61. The van der Waals surface area contributed by atoms with Gasteiger partial charge in [-0.2, -0.15) is 0 Å². The molecule has 0 radical (unpaired) electrons. The van der Waals surface area contributed by atoms with E-state index < -0.39 is 11.9 Å². The smallest absolute Gasteiger partial charge is 0.166 e. The largest absolute Gasteiger partial charge is 0.390 e. The van der Waals surface area contributed by atoms with Crippen molar-refractivity contribution in [2.75, 3.05) is 44.7 Å². The minimum Gasteiger partial charge on any atom is -0.390 e. The summed E-state index contributed by atoms with van der Waals surface area (Å²) in [5.74, 6) is -0.420. The Hall–Kier alpha value is -0.950. The van der Waals surface area contributed by atoms with Crippen molar-refractivity contribution in [3.05, 3.63) is 23.1 Å². The Kier molecular flexibility index (Phi) is 5.33. The Morgan fingerprint density at radius 1 is 1.53 bits per heavy atom. The van der Waals surface area contributed by atoms with E-state index in [0.717, 1.165) is 13.1 Å². The Morgan fingerprint density at radius 3 is 2.95 bits per heavy atom. The van der Waals surface area contributed by atoms with Gasteiger partial charge in [-0.05, 0) is 6.07 Å². The molecule has 1 aliphatic rings. The van der Waals surface area contributed by atoms with E-state index in [4.69, 9.17) is 16.3 Å². The fourth-order valence-corrected chi connectivity index (χ4v) is 2.05. The van der Waals surface area contributed by atoms with E-state index in [-0.39, 0.29) is 17.4 Å². The lowest BCUT2D eigenvalue weighted by Gasteiger charge is -2.28. The molecule has 1 aromatic rings. The zero-order valence-corrected chi connectivity index (χ0v) is 11.2. The second-order valence-corrected chi connectivity index (χ2v) is 4.87. The first-order valence-corrected chi connectivity index (χ1v) is 6.56. The number of hydrogen-bond donors (Lipinski definition) is 2. The highest BCUT2D eigenvalue weighted by Gasteiger charge is 2.15. The quantitative estimate of drug-likeness (QED) is 0.846. The molecule has 1 fully saturated rings. The van der Waals surface area contributed by atoms with E-state index >= 15 is 0 Å². The second kappa shape index (κ2) is 7.00. The lowest BCUT2D eigenvalue weighted by molar-refractivity contribution is 0.0171. The second-order valence-electron chi connectivity index (χ2n) is 4.43. The van der Waals surface area contributed by atoms with E-state index in [1.165, 1.54) is 12.3 Å². The molecule has 1 atom stereocenters. The summed E-state index contributed by atoms with van der Waals surface area (Å²) in [6.45, 7) is 3.77. The molecular formula is C12H17ClFN3O2. The van der Waals surface area contributed by atoms with Crippen molar-refractivity contribution < 1.29 is 14.2 Å². The number of pyridine rings is 1. The topological polar surface area (TPSA) is 57.6 Å². The summed E-state index contributed by atoms with van der Waals surface area (Å²) < 4.78 is 18.7. The SMILES string of the molecule is O[C@@H](CNc1ncc(Cl)cc1F)CN1CCOCC1. The summed E-state index contributed by atoms with van der Waals surface area (Å²) in [6, 6.07) is 1.19. The summed E-state index contributed by atoms with van der Waals surface area (Å²) in [6.07, 6.45) is 0.774. The summed E-state index contributed by atoms with van der Waals surface area (Å²) in [4.78, 5) is 5.95. The first-order chi connectivity index (χ1) is 9.15. The number of β-amino-alcohol motifs (C(OH)–C–C–N with tert-alkyl or cyclic N) is 1. The van der Waals surface area contributed by atoms with Gasteiger partial charge >= 0.3 is 0 Å². The van der Waals surface area contributed by atoms with E-state index in [0.29, 0.717) is 19.8 Å². The van der Waals surface area contributed by atoms with Crippen LogP contribution in [0.1, 0.15) is 0 Å². The molecule has 2 N–H and O–H groups in total. The minimum absolute atomic E-state index is 0.102. The minimum atomic E-state index is -0.588. The molecule has 2 heterocycles. The normalized spacial score (nSPS) is 18.3. The number of aliphatic hydroxyl groups is 1. The van der Waals surface area contributed by atoms with Crippen LogP contribution in [-0.2, 0) is 4.74 Å². The zero-order valence-electron chi connectivity index (χ0n) is 10.5. The summed E-state index contributed by atoms with van der Waals surface area (Å²) in [5.41, 5.74) is 0. The molecule has 106 valence electrons. The van der Waals surface area contributed by atoms with E-state index in [1.807, 2.05) is 0 Å². The predicted octanol–water partition coefficient (Wildman–Crippen LogP) is 0.979. The number of nitrogens with zero attached hydrogens (tertiary/aromatic N) is 2. The maximum Gasteiger partial charge on any atom is 0.166 e. The Labute approximate surface area is 116 Å². The Bertz CT molecular complexity index is 416. The number of rotatable bonds is 5. The van der Waals surface area contributed by atoms with Gasteiger partial charge in [0.05, 0.1) is 24.3 Å². The lowest BCUT2D eigenvalue weighted by Crippen LogP contribution is -2.42. The number of halogens is 2. The fraction of sp³-hybridized carbons (Fsp3) is 0.583. The molecule has 5 nitrogen and oxygen atoms in total. The van der Waals surface area contributed by atoms with Crippen molar-refractivity contribution >= 4 is 17.4 Å². The Morgan fingerprint density at radius 2 is 2.26 bits per heavy atom. The van der Waals surface area contributed by atoms with Crippen LogP contribution < -0.4 is 5.32 Å². The molecule has 0 spiro atoms. The van der Waals surface area contributed by atoms with E-state index in [1.54, 1.807) is 0 Å². The fourth-order valence-electron chi connectivity index (χ4n) is 1.91. The third kappa shape index (κ3) is 4.58. The van der Waals surface area contributed by atoms with Gasteiger partial charge in [0.2, 0.25) is 0 Å². The molecule has 0 aliphatic carbocycles. The maximum atomic E-state index is 13.4. The molecule has 7 heteroatoms. The van der Waals surface area contributed by atoms with Crippen LogP contribution in [0, 0.1) is 5.82 Å². The van der Waals surface area contributed by atoms with Crippen LogP contribution in [0.3, 0.4) is 0 Å². The average molecular weight is 290 g/mol. The molecule has 1 saturated heterocycles. The number of morpholine rings is 1. The monoisotopic (exact) mass is 289 g/mol. The molecule has 0 aromatic carbocycles. The average Bonchev–Trinajstić information content (AvgIpc) is 2.39. The molecule has 0 amide bonds. The molecule has 0 bridgehead atoms. The van der Waals surface area contributed by atoms with Crippen LogP contribution in [-0.4, -0.2) is 60.5 Å². The van der Waals surface area contributed by atoms with Crippen molar-refractivity contribution in [3.8, 4) is 0 Å². The van der Waals surface area contributed by atoms with Crippen LogP contribution in [0.25, 0.3) is 0 Å². The summed E-state index contributed by atoms with van der Waals surface area (Å²) in [5, 5.41) is 12.9. The molecule has 1 aromatic heterocycles. The Balaban J connectivity index is 1.77. The van der Waals surface area contributed by atoms with Gasteiger partial charge in [0, 0.05) is 32.4 Å². The van der Waals surface area contributed by atoms with Crippen LogP contribution in [0.15, 0.2) is 12.3 Å². The molecular weight excluding hydrogens is 273 g/mol. The van der Waals surface area contributed by atoms with Gasteiger partial charge in [-0.15, -0.1) is 0 Å². The zero-order chi connectivity index (χ0) is 13.7. The summed E-state index contributed by atoms with van der Waals surface area (Å²) in [7, 11) is 0. The number of hydrogen-bond acceptors (Lipinski definition) is 5. The van der Waals surface area contributed by atoms with Crippen LogP contribution in [0.2, 0.25) is 5.02 Å². The van der Waals surface area contributed by atoms with Gasteiger partial charge in [-0.25, -0.2) is 9.37 Å². The highest BCUT2D eigenvalue weighted by molar-refractivity contribution is 6.30.